The fraction of sp³-hybridized carbons (Fsp3) is 0.615. The smallest absolute Gasteiger partial charge is 0.0580 e. The number of rotatable bonds is 4. The Hall–Kier alpha value is -0.930. The molecule has 3 nitrogen and oxygen atoms in total. The van der Waals surface area contributed by atoms with Crippen molar-refractivity contribution in [1.82, 2.24) is 10.3 Å². The van der Waals surface area contributed by atoms with Crippen LogP contribution in [0.1, 0.15) is 37.9 Å². The summed E-state index contributed by atoms with van der Waals surface area (Å²) in [6, 6.07) is 6.22. The molecule has 2 N–H and O–H groups in total. The molecule has 0 bridgehead atoms. The van der Waals surface area contributed by atoms with Gasteiger partial charge in [0.2, 0.25) is 0 Å². The second kappa shape index (κ2) is 5.41. The zero-order chi connectivity index (χ0) is 11.4. The first kappa shape index (κ1) is 11.6. The van der Waals surface area contributed by atoms with Gasteiger partial charge in [0.1, 0.15) is 0 Å². The van der Waals surface area contributed by atoms with E-state index >= 15 is 0 Å². The Balaban J connectivity index is 1.82. The van der Waals surface area contributed by atoms with Crippen LogP contribution in [0, 0.1) is 5.92 Å². The Morgan fingerprint density at radius 3 is 3.00 bits per heavy atom. The van der Waals surface area contributed by atoms with E-state index in [2.05, 4.69) is 17.2 Å². The molecule has 1 heterocycles. The quantitative estimate of drug-likeness (QED) is 0.814. The third-order valence-electron chi connectivity index (χ3n) is 3.44. The summed E-state index contributed by atoms with van der Waals surface area (Å²) in [5.41, 5.74) is 1.06. The van der Waals surface area contributed by atoms with E-state index < -0.39 is 0 Å². The van der Waals surface area contributed by atoms with Gasteiger partial charge < -0.3 is 10.4 Å². The van der Waals surface area contributed by atoms with Gasteiger partial charge >= 0.3 is 0 Å². The molecule has 1 aliphatic carbocycles. The summed E-state index contributed by atoms with van der Waals surface area (Å²) in [4.78, 5) is 4.32. The highest BCUT2D eigenvalue weighted by molar-refractivity contribution is 5.07. The van der Waals surface area contributed by atoms with Crippen LogP contribution in [-0.2, 0) is 0 Å². The van der Waals surface area contributed by atoms with Crippen molar-refractivity contribution in [3.8, 4) is 0 Å². The van der Waals surface area contributed by atoms with Gasteiger partial charge in [-0.3, -0.25) is 4.98 Å². The van der Waals surface area contributed by atoms with Gasteiger partial charge in [-0.05, 0) is 37.8 Å². The highest BCUT2D eigenvalue weighted by Crippen LogP contribution is 2.25. The van der Waals surface area contributed by atoms with Crippen molar-refractivity contribution in [1.29, 1.82) is 0 Å². The number of pyridine rings is 1. The van der Waals surface area contributed by atoms with Crippen molar-refractivity contribution in [3.63, 3.8) is 0 Å². The fourth-order valence-corrected chi connectivity index (χ4v) is 2.32. The maximum atomic E-state index is 9.72. The van der Waals surface area contributed by atoms with Crippen LogP contribution in [0.15, 0.2) is 24.4 Å². The van der Waals surface area contributed by atoms with Crippen LogP contribution >= 0.6 is 0 Å². The highest BCUT2D eigenvalue weighted by atomic mass is 16.3. The Bertz CT molecular complexity index is 315. The Morgan fingerprint density at radius 2 is 2.38 bits per heavy atom. The topological polar surface area (TPSA) is 45.1 Å². The van der Waals surface area contributed by atoms with Crippen LogP contribution in [0.4, 0.5) is 0 Å². The minimum absolute atomic E-state index is 0.108. The van der Waals surface area contributed by atoms with Gasteiger partial charge in [-0.2, -0.15) is 0 Å². The van der Waals surface area contributed by atoms with E-state index in [0.717, 1.165) is 31.5 Å². The molecule has 1 fully saturated rings. The third-order valence-corrected chi connectivity index (χ3v) is 3.44. The first-order chi connectivity index (χ1) is 7.77. The molecule has 2 rings (SSSR count). The summed E-state index contributed by atoms with van der Waals surface area (Å²) >= 11 is 0. The Labute approximate surface area is 96.9 Å². The molecule has 3 atom stereocenters. The zero-order valence-corrected chi connectivity index (χ0v) is 9.76. The minimum atomic E-state index is -0.108. The zero-order valence-electron chi connectivity index (χ0n) is 9.76. The highest BCUT2D eigenvalue weighted by Gasteiger charge is 2.25. The van der Waals surface area contributed by atoms with Crippen molar-refractivity contribution in [2.24, 2.45) is 5.92 Å². The van der Waals surface area contributed by atoms with Crippen molar-refractivity contribution in [3.05, 3.63) is 30.1 Å². The third kappa shape index (κ3) is 2.80. The molecule has 0 aromatic carbocycles. The van der Waals surface area contributed by atoms with E-state index in [1.807, 2.05) is 24.4 Å². The molecule has 1 aliphatic rings. The molecule has 3 unspecified atom stereocenters. The lowest BCUT2D eigenvalue weighted by Crippen LogP contribution is -2.30. The van der Waals surface area contributed by atoms with Crippen LogP contribution in [0.3, 0.4) is 0 Å². The molecule has 1 aromatic heterocycles. The van der Waals surface area contributed by atoms with Crippen LogP contribution in [0.2, 0.25) is 0 Å². The number of aliphatic hydroxyl groups is 1. The molecule has 3 heteroatoms. The SMILES string of the molecule is CC(NCC1CCCC1O)c1ccccn1. The van der Waals surface area contributed by atoms with Gasteiger partial charge in [0.25, 0.3) is 0 Å². The van der Waals surface area contributed by atoms with Crippen molar-refractivity contribution in [2.45, 2.75) is 38.3 Å². The number of hydrogen-bond donors (Lipinski definition) is 2. The molecule has 0 saturated heterocycles. The van der Waals surface area contributed by atoms with Crippen LogP contribution in [0.5, 0.6) is 0 Å². The second-order valence-corrected chi connectivity index (χ2v) is 4.64. The number of hydrogen-bond acceptors (Lipinski definition) is 3. The summed E-state index contributed by atoms with van der Waals surface area (Å²) in [7, 11) is 0. The standard InChI is InChI=1S/C13H20N2O/c1-10(12-6-2-3-8-14-12)15-9-11-5-4-7-13(11)16/h2-3,6,8,10-11,13,15-16H,4-5,7,9H2,1H3. The Kier molecular flexibility index (Phi) is 3.91. The first-order valence-electron chi connectivity index (χ1n) is 6.10. The average molecular weight is 220 g/mol. The van der Waals surface area contributed by atoms with E-state index in [1.165, 1.54) is 0 Å². The predicted octanol–water partition coefficient (Wildman–Crippen LogP) is 1.89. The van der Waals surface area contributed by atoms with E-state index in [4.69, 9.17) is 0 Å². The molecule has 1 saturated carbocycles. The van der Waals surface area contributed by atoms with Crippen molar-refractivity contribution in [2.75, 3.05) is 6.54 Å². The molecule has 0 radical (unpaired) electrons. The van der Waals surface area contributed by atoms with Gasteiger partial charge in [-0.25, -0.2) is 0 Å². The monoisotopic (exact) mass is 220 g/mol. The predicted molar refractivity (Wildman–Crippen MR) is 64.0 cm³/mol. The van der Waals surface area contributed by atoms with Crippen molar-refractivity contribution >= 4 is 0 Å². The van der Waals surface area contributed by atoms with Gasteiger partial charge in [-0.1, -0.05) is 12.5 Å². The Morgan fingerprint density at radius 1 is 1.50 bits per heavy atom. The first-order valence-corrected chi connectivity index (χ1v) is 6.10. The van der Waals surface area contributed by atoms with Crippen molar-refractivity contribution < 1.29 is 5.11 Å². The minimum Gasteiger partial charge on any atom is -0.393 e. The number of nitrogens with one attached hydrogen (secondary N) is 1. The number of nitrogens with zero attached hydrogens (tertiary/aromatic N) is 1. The second-order valence-electron chi connectivity index (χ2n) is 4.64. The molecule has 0 amide bonds. The largest absolute Gasteiger partial charge is 0.393 e. The molecular formula is C13H20N2O. The maximum absolute atomic E-state index is 9.72. The lowest BCUT2D eigenvalue weighted by molar-refractivity contribution is 0.130. The summed E-state index contributed by atoms with van der Waals surface area (Å²) in [6.45, 7) is 3.00. The molecule has 1 aromatic rings. The maximum Gasteiger partial charge on any atom is 0.0580 e. The summed E-state index contributed by atoms with van der Waals surface area (Å²) < 4.78 is 0. The molecular weight excluding hydrogens is 200 g/mol. The van der Waals surface area contributed by atoms with E-state index in [9.17, 15) is 5.11 Å². The molecule has 0 aliphatic heterocycles. The van der Waals surface area contributed by atoms with Crippen LogP contribution in [0.25, 0.3) is 0 Å². The van der Waals surface area contributed by atoms with E-state index in [1.54, 1.807) is 0 Å². The number of aromatic nitrogens is 1. The number of aliphatic hydroxyl groups excluding tert-OH is 1. The molecule has 16 heavy (non-hydrogen) atoms. The summed E-state index contributed by atoms with van der Waals surface area (Å²) in [5, 5.41) is 13.2. The van der Waals surface area contributed by atoms with Crippen LogP contribution < -0.4 is 5.32 Å². The van der Waals surface area contributed by atoms with Gasteiger partial charge in [0.15, 0.2) is 0 Å². The van der Waals surface area contributed by atoms with E-state index in [-0.39, 0.29) is 12.1 Å². The fourth-order valence-electron chi connectivity index (χ4n) is 2.32. The normalized spacial score (nSPS) is 26.9. The van der Waals surface area contributed by atoms with E-state index in [0.29, 0.717) is 5.92 Å². The lowest BCUT2D eigenvalue weighted by Gasteiger charge is -2.19. The summed E-state index contributed by atoms with van der Waals surface area (Å²) in [5.74, 6) is 0.422. The van der Waals surface area contributed by atoms with Gasteiger partial charge in [0, 0.05) is 18.8 Å². The van der Waals surface area contributed by atoms with Gasteiger partial charge in [-0.15, -0.1) is 0 Å². The molecule has 0 spiro atoms. The van der Waals surface area contributed by atoms with Gasteiger partial charge in [0.05, 0.1) is 11.8 Å². The average Bonchev–Trinajstić information content (AvgIpc) is 2.73. The summed E-state index contributed by atoms with van der Waals surface area (Å²) in [6.07, 6.45) is 4.97. The lowest BCUT2D eigenvalue weighted by atomic mass is 10.1. The van der Waals surface area contributed by atoms with Crippen LogP contribution in [-0.4, -0.2) is 22.7 Å². The molecule has 88 valence electrons.